The average Bonchev–Trinajstić information content (AvgIpc) is 3.28. The summed E-state index contributed by atoms with van der Waals surface area (Å²) in [7, 11) is 0. The van der Waals surface area contributed by atoms with Gasteiger partial charge in [0.15, 0.2) is 0 Å². The van der Waals surface area contributed by atoms with E-state index in [1.54, 1.807) is 0 Å². The molecule has 1 saturated heterocycles. The Morgan fingerprint density at radius 3 is 2.49 bits per heavy atom. The van der Waals surface area contributed by atoms with E-state index < -0.39 is 0 Å². The van der Waals surface area contributed by atoms with Crippen LogP contribution in [0.1, 0.15) is 25.7 Å². The maximum Gasteiger partial charge on any atom is 0.143 e. The van der Waals surface area contributed by atoms with Crippen LogP contribution >= 0.6 is 0 Å². The van der Waals surface area contributed by atoms with Crippen molar-refractivity contribution in [3.63, 3.8) is 0 Å². The Kier molecular flexibility index (Phi) is 5.88. The van der Waals surface area contributed by atoms with Crippen LogP contribution in [0, 0.1) is 5.92 Å². The van der Waals surface area contributed by atoms with Gasteiger partial charge in [0.1, 0.15) is 17.8 Å². The van der Waals surface area contributed by atoms with Crippen LogP contribution in [0.4, 0.5) is 5.82 Å². The number of anilines is 1. The van der Waals surface area contributed by atoms with Gasteiger partial charge in [0.05, 0.1) is 16.6 Å². The van der Waals surface area contributed by atoms with Gasteiger partial charge < -0.3 is 15.6 Å². The van der Waals surface area contributed by atoms with Crippen LogP contribution in [-0.2, 0) is 0 Å². The monoisotopic (exact) mass is 462 g/mol. The summed E-state index contributed by atoms with van der Waals surface area (Å²) in [4.78, 5) is 18.9. The normalized spacial score (nSPS) is 15.9. The Morgan fingerprint density at radius 2 is 1.74 bits per heavy atom. The highest BCUT2D eigenvalue weighted by atomic mass is 15.2. The first-order valence-electron chi connectivity index (χ1n) is 12.5. The fourth-order valence-corrected chi connectivity index (χ4v) is 4.87. The molecule has 35 heavy (non-hydrogen) atoms. The highest BCUT2D eigenvalue weighted by Gasteiger charge is 2.23. The van der Waals surface area contributed by atoms with E-state index in [4.69, 9.17) is 10.7 Å². The lowest BCUT2D eigenvalue weighted by Gasteiger charge is -2.37. The lowest BCUT2D eigenvalue weighted by atomic mass is 9.84. The summed E-state index contributed by atoms with van der Waals surface area (Å²) in [5.41, 5.74) is 11.8. The molecule has 0 bridgehead atoms. The van der Waals surface area contributed by atoms with Gasteiger partial charge in [0.25, 0.3) is 0 Å². The van der Waals surface area contributed by atoms with Crippen molar-refractivity contribution in [2.45, 2.75) is 25.7 Å². The van der Waals surface area contributed by atoms with Gasteiger partial charge in [0, 0.05) is 29.3 Å². The summed E-state index contributed by atoms with van der Waals surface area (Å²) < 4.78 is 0. The molecule has 0 unspecified atom stereocenters. The number of nitrogen functional groups attached to an aromatic ring is 1. The molecule has 3 N–H and O–H groups in total. The fourth-order valence-electron chi connectivity index (χ4n) is 4.87. The molecule has 2 fully saturated rings. The van der Waals surface area contributed by atoms with Crippen molar-refractivity contribution in [3.8, 4) is 22.4 Å². The summed E-state index contributed by atoms with van der Waals surface area (Å²) >= 11 is 0. The molecular weight excluding hydrogens is 432 g/mol. The third kappa shape index (κ3) is 4.49. The van der Waals surface area contributed by atoms with Crippen molar-refractivity contribution in [3.05, 3.63) is 73.2 Å². The third-order valence-electron chi connectivity index (χ3n) is 7.26. The molecule has 0 amide bonds. The molecule has 3 aromatic heterocycles. The number of nitrogens with zero attached hydrogens (tertiary/aromatic N) is 4. The molecule has 2 aromatic carbocycles. The molecule has 0 spiro atoms. The highest BCUT2D eigenvalue weighted by molar-refractivity contribution is 6.01. The number of aromatic amines is 1. The molecule has 6 nitrogen and oxygen atoms in total. The van der Waals surface area contributed by atoms with Crippen LogP contribution in [0.15, 0.2) is 73.2 Å². The van der Waals surface area contributed by atoms with Crippen LogP contribution in [-0.4, -0.2) is 44.5 Å². The first kappa shape index (κ1) is 21.7. The molecule has 6 heteroatoms. The van der Waals surface area contributed by atoms with Crippen molar-refractivity contribution in [2.75, 3.05) is 25.4 Å². The minimum Gasteiger partial charge on any atom is -0.383 e. The molecular formula is C29H30N6. The summed E-state index contributed by atoms with van der Waals surface area (Å²) in [6.07, 6.45) is 9.35. The van der Waals surface area contributed by atoms with Crippen molar-refractivity contribution in [2.24, 2.45) is 5.92 Å². The number of nitrogens with two attached hydrogens (primary N) is 1. The van der Waals surface area contributed by atoms with E-state index in [2.05, 4.69) is 62.3 Å². The minimum absolute atomic E-state index is 0.470. The number of benzene rings is 2. The molecule has 0 atom stereocenters. The minimum atomic E-state index is 0.470. The number of H-pyrrole nitrogens is 1. The summed E-state index contributed by atoms with van der Waals surface area (Å²) in [5.74, 6) is 1.56. The number of rotatable bonds is 4. The second-order valence-electron chi connectivity index (χ2n) is 9.61. The standard InChI is InChI=1S/C21H15N5.C8H15N/c22-20-19-16(11-23-21(19)25-12-24-20)15-7-6-14-8-9-17(26-18(14)10-15)13-4-2-1-3-5-13;1-3-8(4-1)7-9-5-2-6-9/h1-12H,(H3,22,23,24,25);8H,1-7H2. The number of likely N-dealkylation sites (tertiary alicyclic amines) is 1. The van der Waals surface area contributed by atoms with Gasteiger partial charge in [-0.25, -0.2) is 15.0 Å². The number of hydrogen-bond donors (Lipinski definition) is 2. The van der Waals surface area contributed by atoms with E-state index in [1.807, 2.05) is 24.4 Å². The second-order valence-corrected chi connectivity index (χ2v) is 9.61. The summed E-state index contributed by atoms with van der Waals surface area (Å²) in [6, 6.07) is 20.6. The van der Waals surface area contributed by atoms with Crippen molar-refractivity contribution in [1.29, 1.82) is 0 Å². The Morgan fingerprint density at radius 1 is 0.914 bits per heavy atom. The van der Waals surface area contributed by atoms with E-state index in [1.165, 1.54) is 51.6 Å². The number of hydrogen-bond acceptors (Lipinski definition) is 5. The summed E-state index contributed by atoms with van der Waals surface area (Å²) in [5, 5.41) is 1.93. The Hall–Kier alpha value is -3.77. The zero-order valence-corrected chi connectivity index (χ0v) is 19.8. The van der Waals surface area contributed by atoms with Gasteiger partial charge in [-0.2, -0.15) is 0 Å². The van der Waals surface area contributed by atoms with Crippen LogP contribution < -0.4 is 5.73 Å². The van der Waals surface area contributed by atoms with Gasteiger partial charge in [-0.15, -0.1) is 0 Å². The Bertz CT molecular complexity index is 1440. The van der Waals surface area contributed by atoms with Crippen LogP contribution in [0.3, 0.4) is 0 Å². The lowest BCUT2D eigenvalue weighted by molar-refractivity contribution is 0.121. The van der Waals surface area contributed by atoms with Gasteiger partial charge in [-0.1, -0.05) is 55.0 Å². The topological polar surface area (TPSA) is 83.7 Å². The first-order chi connectivity index (χ1) is 17.2. The van der Waals surface area contributed by atoms with Gasteiger partial charge >= 0.3 is 0 Å². The van der Waals surface area contributed by atoms with Gasteiger partial charge in [-0.3, -0.25) is 0 Å². The third-order valence-corrected chi connectivity index (χ3v) is 7.26. The lowest BCUT2D eigenvalue weighted by Crippen LogP contribution is -2.41. The highest BCUT2D eigenvalue weighted by Crippen LogP contribution is 2.32. The predicted molar refractivity (Wildman–Crippen MR) is 143 cm³/mol. The Labute approximate surface area is 205 Å². The summed E-state index contributed by atoms with van der Waals surface area (Å²) in [6.45, 7) is 4.19. The fraction of sp³-hybridized carbons (Fsp3) is 0.276. The SMILES string of the molecule is C1CC(CN2CCC2)C1.Nc1ncnc2[nH]cc(-c3ccc4ccc(-c5ccccc5)nc4c3)c12. The number of fused-ring (bicyclic) bond motifs is 2. The number of nitrogens with one attached hydrogen (secondary N) is 1. The van der Waals surface area contributed by atoms with E-state index in [-0.39, 0.29) is 0 Å². The van der Waals surface area contributed by atoms with E-state index in [9.17, 15) is 0 Å². The zero-order valence-electron chi connectivity index (χ0n) is 19.8. The number of pyridine rings is 1. The van der Waals surface area contributed by atoms with Crippen molar-refractivity contribution >= 4 is 27.8 Å². The molecule has 2 aliphatic rings. The maximum atomic E-state index is 6.06. The van der Waals surface area contributed by atoms with Crippen LogP contribution in [0.25, 0.3) is 44.3 Å². The quantitative estimate of drug-likeness (QED) is 0.347. The number of aromatic nitrogens is 4. The van der Waals surface area contributed by atoms with Crippen LogP contribution in [0.2, 0.25) is 0 Å². The van der Waals surface area contributed by atoms with E-state index in [0.29, 0.717) is 5.82 Å². The molecule has 176 valence electrons. The van der Waals surface area contributed by atoms with Gasteiger partial charge in [-0.05, 0) is 56.0 Å². The maximum absolute atomic E-state index is 6.06. The molecule has 5 aromatic rings. The van der Waals surface area contributed by atoms with E-state index >= 15 is 0 Å². The molecule has 1 saturated carbocycles. The molecule has 1 aliphatic carbocycles. The van der Waals surface area contributed by atoms with Crippen molar-refractivity contribution in [1.82, 2.24) is 24.8 Å². The molecule has 7 rings (SSSR count). The molecule has 4 heterocycles. The first-order valence-corrected chi connectivity index (χ1v) is 12.5. The largest absolute Gasteiger partial charge is 0.383 e. The Balaban J connectivity index is 0.000000212. The smallest absolute Gasteiger partial charge is 0.143 e. The van der Waals surface area contributed by atoms with Crippen molar-refractivity contribution < 1.29 is 0 Å². The van der Waals surface area contributed by atoms with Gasteiger partial charge in [0.2, 0.25) is 0 Å². The average molecular weight is 463 g/mol. The second kappa shape index (κ2) is 9.47. The van der Waals surface area contributed by atoms with E-state index in [0.717, 1.165) is 50.2 Å². The zero-order chi connectivity index (χ0) is 23.6. The molecule has 1 aliphatic heterocycles. The molecule has 0 radical (unpaired) electrons. The van der Waals surface area contributed by atoms with Crippen LogP contribution in [0.5, 0.6) is 0 Å². The predicted octanol–water partition coefficient (Wildman–Crippen LogP) is 5.91.